The van der Waals surface area contributed by atoms with E-state index in [0.717, 1.165) is 30.7 Å². The van der Waals surface area contributed by atoms with Gasteiger partial charge in [-0.3, -0.25) is 9.59 Å². The normalized spacial score (nSPS) is 17.0. The van der Waals surface area contributed by atoms with E-state index in [4.69, 9.17) is 4.74 Å². The Morgan fingerprint density at radius 2 is 2.12 bits per heavy atom. The van der Waals surface area contributed by atoms with Crippen molar-refractivity contribution in [1.82, 2.24) is 4.57 Å². The fourth-order valence-electron chi connectivity index (χ4n) is 3.04. The van der Waals surface area contributed by atoms with E-state index in [1.807, 2.05) is 43.3 Å². The summed E-state index contributed by atoms with van der Waals surface area (Å²) in [5, 5.41) is 3.21. The molecule has 126 valence electrons. The maximum Gasteiger partial charge on any atom is 0.263 e. The van der Waals surface area contributed by atoms with Crippen LogP contribution in [0.5, 0.6) is 0 Å². The lowest BCUT2D eigenvalue weighted by Gasteiger charge is -2.17. The number of nitrogens with one attached hydrogen (secondary N) is 1. The van der Waals surface area contributed by atoms with Gasteiger partial charge in [0.1, 0.15) is 5.56 Å². The van der Waals surface area contributed by atoms with Crippen LogP contribution in [0.1, 0.15) is 34.5 Å². The van der Waals surface area contributed by atoms with Crippen LogP contribution in [0, 0.1) is 6.92 Å². The van der Waals surface area contributed by atoms with Crippen molar-refractivity contribution in [2.45, 2.75) is 32.4 Å². The third kappa shape index (κ3) is 3.57. The topological polar surface area (TPSA) is 60.3 Å². The van der Waals surface area contributed by atoms with Gasteiger partial charge in [0.2, 0.25) is 0 Å². The van der Waals surface area contributed by atoms with Crippen molar-refractivity contribution in [3.8, 4) is 0 Å². The SMILES string of the molecule is Cc1cc(NCC2CCCO2)c(C=O)c(=O)n1Cc1ccccc1. The molecule has 1 aliphatic rings. The zero-order valence-electron chi connectivity index (χ0n) is 13.8. The highest BCUT2D eigenvalue weighted by Crippen LogP contribution is 2.17. The number of aldehydes is 1. The molecule has 1 aromatic carbocycles. The van der Waals surface area contributed by atoms with Gasteiger partial charge in [0.15, 0.2) is 6.29 Å². The van der Waals surface area contributed by atoms with Crippen molar-refractivity contribution in [2.24, 2.45) is 0 Å². The van der Waals surface area contributed by atoms with Crippen LogP contribution in [0.2, 0.25) is 0 Å². The van der Waals surface area contributed by atoms with Crippen molar-refractivity contribution >= 4 is 12.0 Å². The van der Waals surface area contributed by atoms with Crippen LogP contribution < -0.4 is 10.9 Å². The Kier molecular flexibility index (Phi) is 5.11. The van der Waals surface area contributed by atoms with Gasteiger partial charge in [0.25, 0.3) is 5.56 Å². The summed E-state index contributed by atoms with van der Waals surface area (Å²) in [5.74, 6) is 0. The van der Waals surface area contributed by atoms with E-state index >= 15 is 0 Å². The van der Waals surface area contributed by atoms with Crippen LogP contribution in [-0.4, -0.2) is 30.1 Å². The van der Waals surface area contributed by atoms with Crippen molar-refractivity contribution in [3.63, 3.8) is 0 Å². The van der Waals surface area contributed by atoms with Crippen molar-refractivity contribution < 1.29 is 9.53 Å². The minimum absolute atomic E-state index is 0.150. The van der Waals surface area contributed by atoms with E-state index in [2.05, 4.69) is 5.32 Å². The summed E-state index contributed by atoms with van der Waals surface area (Å²) in [5.41, 5.74) is 2.36. The van der Waals surface area contributed by atoms with Gasteiger partial charge in [-0.15, -0.1) is 0 Å². The molecule has 0 spiro atoms. The second kappa shape index (κ2) is 7.45. The molecule has 0 bridgehead atoms. The molecule has 0 amide bonds. The number of benzene rings is 1. The fraction of sp³-hybridized carbons (Fsp3) is 0.368. The summed E-state index contributed by atoms with van der Waals surface area (Å²) >= 11 is 0. The molecule has 5 nitrogen and oxygen atoms in total. The van der Waals surface area contributed by atoms with E-state index in [1.54, 1.807) is 4.57 Å². The van der Waals surface area contributed by atoms with Gasteiger partial charge >= 0.3 is 0 Å². The minimum atomic E-state index is -0.260. The number of aryl methyl sites for hydroxylation is 1. The number of pyridine rings is 1. The first-order chi connectivity index (χ1) is 11.7. The first-order valence-electron chi connectivity index (χ1n) is 8.28. The number of carbonyl (C=O) groups is 1. The van der Waals surface area contributed by atoms with Gasteiger partial charge in [0, 0.05) is 18.8 Å². The van der Waals surface area contributed by atoms with E-state index in [9.17, 15) is 9.59 Å². The number of hydrogen-bond donors (Lipinski definition) is 1. The number of anilines is 1. The molecular weight excluding hydrogens is 304 g/mol. The lowest BCUT2D eigenvalue weighted by Crippen LogP contribution is -2.28. The summed E-state index contributed by atoms with van der Waals surface area (Å²) in [7, 11) is 0. The molecule has 1 atom stereocenters. The smallest absolute Gasteiger partial charge is 0.263 e. The maximum absolute atomic E-state index is 12.7. The highest BCUT2D eigenvalue weighted by molar-refractivity contribution is 5.83. The molecule has 2 heterocycles. The maximum atomic E-state index is 12.7. The minimum Gasteiger partial charge on any atom is -0.382 e. The molecule has 24 heavy (non-hydrogen) atoms. The third-order valence-corrected chi connectivity index (χ3v) is 4.39. The Morgan fingerprint density at radius 1 is 1.33 bits per heavy atom. The Hall–Kier alpha value is -2.40. The second-order valence-electron chi connectivity index (χ2n) is 6.12. The Labute approximate surface area is 141 Å². The Balaban J connectivity index is 1.86. The lowest BCUT2D eigenvalue weighted by atomic mass is 10.1. The van der Waals surface area contributed by atoms with Crippen LogP contribution >= 0.6 is 0 Å². The summed E-state index contributed by atoms with van der Waals surface area (Å²) in [4.78, 5) is 24.2. The average Bonchev–Trinajstić information content (AvgIpc) is 3.11. The third-order valence-electron chi connectivity index (χ3n) is 4.39. The van der Waals surface area contributed by atoms with E-state index in [1.165, 1.54) is 0 Å². The van der Waals surface area contributed by atoms with Crippen LogP contribution in [0.15, 0.2) is 41.2 Å². The monoisotopic (exact) mass is 326 g/mol. The number of aromatic nitrogens is 1. The number of ether oxygens (including phenoxy) is 1. The number of nitrogens with zero attached hydrogens (tertiary/aromatic N) is 1. The van der Waals surface area contributed by atoms with Crippen LogP contribution in [0.4, 0.5) is 5.69 Å². The zero-order chi connectivity index (χ0) is 16.9. The molecule has 3 rings (SSSR count). The van der Waals surface area contributed by atoms with Gasteiger partial charge in [-0.05, 0) is 31.4 Å². The second-order valence-corrected chi connectivity index (χ2v) is 6.12. The Morgan fingerprint density at radius 3 is 2.79 bits per heavy atom. The summed E-state index contributed by atoms with van der Waals surface area (Å²) < 4.78 is 7.21. The molecule has 1 saturated heterocycles. The zero-order valence-corrected chi connectivity index (χ0v) is 13.8. The first kappa shape index (κ1) is 16.5. The van der Waals surface area contributed by atoms with E-state index in [-0.39, 0.29) is 17.2 Å². The number of rotatable bonds is 6. The first-order valence-corrected chi connectivity index (χ1v) is 8.28. The van der Waals surface area contributed by atoms with E-state index < -0.39 is 0 Å². The van der Waals surface area contributed by atoms with Gasteiger partial charge in [0.05, 0.1) is 18.3 Å². The molecule has 0 saturated carbocycles. The Bertz CT molecular complexity index is 762. The average molecular weight is 326 g/mol. The molecule has 1 fully saturated rings. The summed E-state index contributed by atoms with van der Waals surface area (Å²) in [6.45, 7) is 3.74. The summed E-state index contributed by atoms with van der Waals surface area (Å²) in [6.07, 6.45) is 2.86. The molecule has 1 aromatic heterocycles. The molecule has 2 aromatic rings. The molecular formula is C19H22N2O3. The van der Waals surface area contributed by atoms with Crippen molar-refractivity contribution in [3.05, 3.63) is 63.6 Å². The van der Waals surface area contributed by atoms with Gasteiger partial charge in [-0.2, -0.15) is 0 Å². The molecule has 1 aliphatic heterocycles. The number of carbonyl (C=O) groups excluding carboxylic acids is 1. The highest BCUT2D eigenvalue weighted by atomic mass is 16.5. The standard InChI is InChI=1S/C19H22N2O3/c1-14-10-18(20-11-16-8-5-9-24-16)17(13-22)19(23)21(14)12-15-6-3-2-4-7-15/h2-4,6-7,10,13,16,20H,5,8-9,11-12H2,1H3. The molecule has 5 heteroatoms. The van der Waals surface area contributed by atoms with Crippen molar-refractivity contribution in [2.75, 3.05) is 18.5 Å². The fourth-order valence-corrected chi connectivity index (χ4v) is 3.04. The van der Waals surface area contributed by atoms with Gasteiger partial charge in [-0.1, -0.05) is 30.3 Å². The predicted octanol–water partition coefficient (Wildman–Crippen LogP) is 2.61. The molecule has 0 radical (unpaired) electrons. The van der Waals surface area contributed by atoms with Gasteiger partial charge in [-0.25, -0.2) is 0 Å². The van der Waals surface area contributed by atoms with Crippen LogP contribution in [0.25, 0.3) is 0 Å². The molecule has 1 unspecified atom stereocenters. The van der Waals surface area contributed by atoms with Crippen molar-refractivity contribution in [1.29, 1.82) is 0 Å². The largest absolute Gasteiger partial charge is 0.382 e. The van der Waals surface area contributed by atoms with Crippen LogP contribution in [0.3, 0.4) is 0 Å². The molecule has 1 N–H and O–H groups in total. The van der Waals surface area contributed by atoms with E-state index in [0.29, 0.717) is 25.1 Å². The molecule has 0 aliphatic carbocycles. The van der Waals surface area contributed by atoms with Gasteiger partial charge < -0.3 is 14.6 Å². The lowest BCUT2D eigenvalue weighted by molar-refractivity contribution is 0.112. The predicted molar refractivity (Wildman–Crippen MR) is 93.8 cm³/mol. The highest BCUT2D eigenvalue weighted by Gasteiger charge is 2.17. The van der Waals surface area contributed by atoms with Crippen LogP contribution in [-0.2, 0) is 11.3 Å². The number of hydrogen-bond acceptors (Lipinski definition) is 4. The summed E-state index contributed by atoms with van der Waals surface area (Å²) in [6, 6.07) is 11.6. The quantitative estimate of drug-likeness (QED) is 0.829.